The van der Waals surface area contributed by atoms with Crippen LogP contribution in [-0.2, 0) is 9.53 Å². The van der Waals surface area contributed by atoms with Gasteiger partial charge in [-0.05, 0) is 35.8 Å². The Kier molecular flexibility index (Phi) is 5.91. The van der Waals surface area contributed by atoms with E-state index >= 15 is 0 Å². The molecule has 1 aromatic carbocycles. The molecular weight excluding hydrogens is 410 g/mol. The zero-order chi connectivity index (χ0) is 20.2. The molecule has 3 aromatic rings. The largest absolute Gasteiger partial charge is 0.462 e. The quantitative estimate of drug-likeness (QED) is 0.431. The van der Waals surface area contributed by atoms with Crippen LogP contribution in [0.4, 0.5) is 5.00 Å². The fraction of sp³-hybridized carbons (Fsp3) is 0.316. The van der Waals surface area contributed by atoms with Crippen molar-refractivity contribution >= 4 is 40.0 Å². The third-order valence-electron chi connectivity index (χ3n) is 4.30. The van der Waals surface area contributed by atoms with Gasteiger partial charge in [-0.2, -0.15) is 0 Å². The molecule has 10 heteroatoms. The van der Waals surface area contributed by atoms with Crippen LogP contribution in [0.25, 0.3) is 11.1 Å². The van der Waals surface area contributed by atoms with Gasteiger partial charge < -0.3 is 10.1 Å². The van der Waals surface area contributed by atoms with Crippen molar-refractivity contribution in [2.75, 3.05) is 17.7 Å². The van der Waals surface area contributed by atoms with Crippen molar-refractivity contribution in [2.24, 2.45) is 0 Å². The highest BCUT2D eigenvalue weighted by Gasteiger charge is 2.28. The number of hydrogen-bond acceptors (Lipinski definition) is 8. The van der Waals surface area contributed by atoms with Crippen LogP contribution in [0.1, 0.15) is 36.2 Å². The van der Waals surface area contributed by atoms with Gasteiger partial charge in [0, 0.05) is 10.9 Å². The summed E-state index contributed by atoms with van der Waals surface area (Å²) in [6.45, 7) is 2.02. The predicted molar refractivity (Wildman–Crippen MR) is 111 cm³/mol. The van der Waals surface area contributed by atoms with Gasteiger partial charge in [0.15, 0.2) is 0 Å². The van der Waals surface area contributed by atoms with Crippen molar-refractivity contribution in [3.8, 4) is 11.1 Å². The first kappa shape index (κ1) is 19.6. The highest BCUT2D eigenvalue weighted by atomic mass is 32.2. The second-order valence-corrected chi connectivity index (χ2v) is 8.24. The van der Waals surface area contributed by atoms with Gasteiger partial charge in [0.25, 0.3) is 0 Å². The van der Waals surface area contributed by atoms with E-state index in [-0.39, 0.29) is 18.3 Å². The van der Waals surface area contributed by atoms with Gasteiger partial charge >= 0.3 is 5.97 Å². The molecule has 1 fully saturated rings. The molecule has 0 bridgehead atoms. The lowest BCUT2D eigenvalue weighted by Crippen LogP contribution is -2.16. The predicted octanol–water partition coefficient (Wildman–Crippen LogP) is 3.64. The van der Waals surface area contributed by atoms with Crippen LogP contribution in [0.5, 0.6) is 0 Å². The number of hydrogen-bond donors (Lipinski definition) is 1. The van der Waals surface area contributed by atoms with Crippen LogP contribution in [-0.4, -0.2) is 44.4 Å². The molecule has 2 aromatic heterocycles. The van der Waals surface area contributed by atoms with E-state index in [1.807, 2.05) is 35.7 Å². The number of anilines is 1. The van der Waals surface area contributed by atoms with E-state index in [0.29, 0.717) is 21.8 Å². The first-order valence-electron chi connectivity index (χ1n) is 9.22. The first-order chi connectivity index (χ1) is 14.2. The number of thiophene rings is 1. The Hall–Kier alpha value is -2.72. The lowest BCUT2D eigenvalue weighted by atomic mass is 10.0. The molecule has 29 heavy (non-hydrogen) atoms. The molecule has 2 heterocycles. The fourth-order valence-electron chi connectivity index (χ4n) is 2.81. The van der Waals surface area contributed by atoms with E-state index in [9.17, 15) is 9.59 Å². The zero-order valence-electron chi connectivity index (χ0n) is 15.7. The van der Waals surface area contributed by atoms with Crippen LogP contribution in [0, 0.1) is 0 Å². The summed E-state index contributed by atoms with van der Waals surface area (Å²) in [7, 11) is 0. The molecule has 8 nitrogen and oxygen atoms in total. The summed E-state index contributed by atoms with van der Waals surface area (Å²) < 4.78 is 6.98. The maximum absolute atomic E-state index is 12.6. The molecule has 1 amide bonds. The number of nitrogens with one attached hydrogen (secondary N) is 1. The molecule has 0 unspecified atom stereocenters. The number of tetrazole rings is 1. The Balaban J connectivity index is 1.50. The van der Waals surface area contributed by atoms with Crippen LogP contribution >= 0.6 is 23.1 Å². The summed E-state index contributed by atoms with van der Waals surface area (Å²) in [5, 5.41) is 17.5. The Morgan fingerprint density at radius 2 is 2.10 bits per heavy atom. The monoisotopic (exact) mass is 429 g/mol. The Labute approximate surface area is 175 Å². The SMILES string of the molecule is CCOC(=O)c1c(-c2ccccc2)csc1NC(=O)CSc1nnnn1C1CC1. The topological polar surface area (TPSA) is 99.0 Å². The molecule has 0 spiro atoms. The maximum atomic E-state index is 12.6. The molecule has 0 aliphatic heterocycles. The maximum Gasteiger partial charge on any atom is 0.341 e. The summed E-state index contributed by atoms with van der Waals surface area (Å²) in [6.07, 6.45) is 2.12. The number of nitrogens with zero attached hydrogens (tertiary/aromatic N) is 4. The number of ether oxygens (including phenoxy) is 1. The van der Waals surface area contributed by atoms with Crippen LogP contribution < -0.4 is 5.32 Å². The minimum Gasteiger partial charge on any atom is -0.462 e. The summed E-state index contributed by atoms with van der Waals surface area (Å²) in [5.74, 6) is -0.533. The van der Waals surface area contributed by atoms with Crippen molar-refractivity contribution in [1.29, 1.82) is 0 Å². The summed E-state index contributed by atoms with van der Waals surface area (Å²) >= 11 is 2.59. The van der Waals surface area contributed by atoms with Crippen molar-refractivity contribution in [1.82, 2.24) is 20.2 Å². The number of benzene rings is 1. The van der Waals surface area contributed by atoms with E-state index < -0.39 is 5.97 Å². The highest BCUT2D eigenvalue weighted by Crippen LogP contribution is 2.37. The van der Waals surface area contributed by atoms with Crippen molar-refractivity contribution in [3.63, 3.8) is 0 Å². The average Bonchev–Trinajstić information content (AvgIpc) is 3.31. The molecule has 1 aliphatic carbocycles. The minimum absolute atomic E-state index is 0.147. The number of rotatable bonds is 8. The molecule has 4 rings (SSSR count). The van der Waals surface area contributed by atoms with Crippen molar-refractivity contribution in [3.05, 3.63) is 41.3 Å². The Morgan fingerprint density at radius 1 is 1.31 bits per heavy atom. The van der Waals surface area contributed by atoms with Crippen molar-refractivity contribution in [2.45, 2.75) is 31.0 Å². The first-order valence-corrected chi connectivity index (χ1v) is 11.1. The number of carbonyl (C=O) groups excluding carboxylic acids is 2. The second-order valence-electron chi connectivity index (χ2n) is 6.41. The summed E-state index contributed by atoms with van der Waals surface area (Å²) in [6, 6.07) is 9.90. The van der Waals surface area contributed by atoms with E-state index in [2.05, 4.69) is 20.8 Å². The highest BCUT2D eigenvalue weighted by molar-refractivity contribution is 7.99. The molecule has 1 saturated carbocycles. The van der Waals surface area contributed by atoms with E-state index in [4.69, 9.17) is 4.74 Å². The average molecular weight is 430 g/mol. The number of carbonyl (C=O) groups is 2. The van der Waals surface area contributed by atoms with Crippen LogP contribution in [0.15, 0.2) is 40.9 Å². The molecule has 0 radical (unpaired) electrons. The number of amides is 1. The molecule has 1 N–H and O–H groups in total. The Bertz CT molecular complexity index is 1010. The fourth-order valence-corrected chi connectivity index (χ4v) is 4.53. The standard InChI is InChI=1S/C19H19N5O3S2/c1-2-27-18(26)16-14(12-6-4-3-5-7-12)10-28-17(16)20-15(25)11-29-19-21-22-23-24(19)13-8-9-13/h3-7,10,13H,2,8-9,11H2,1H3,(H,20,25). The second kappa shape index (κ2) is 8.75. The van der Waals surface area contributed by atoms with Gasteiger partial charge in [-0.3, -0.25) is 4.79 Å². The van der Waals surface area contributed by atoms with Crippen LogP contribution in [0.3, 0.4) is 0 Å². The van der Waals surface area contributed by atoms with Gasteiger partial charge in [-0.25, -0.2) is 9.48 Å². The lowest BCUT2D eigenvalue weighted by Gasteiger charge is -2.09. The third-order valence-corrected chi connectivity index (χ3v) is 6.12. The van der Waals surface area contributed by atoms with E-state index in [1.54, 1.807) is 11.6 Å². The van der Waals surface area contributed by atoms with E-state index in [0.717, 1.165) is 24.0 Å². The number of aromatic nitrogens is 4. The third kappa shape index (κ3) is 4.48. The molecule has 0 saturated heterocycles. The lowest BCUT2D eigenvalue weighted by molar-refractivity contribution is -0.113. The Morgan fingerprint density at radius 3 is 2.83 bits per heavy atom. The molecule has 1 aliphatic rings. The smallest absolute Gasteiger partial charge is 0.341 e. The molecule has 150 valence electrons. The van der Waals surface area contributed by atoms with Gasteiger partial charge in [-0.1, -0.05) is 42.1 Å². The summed E-state index contributed by atoms with van der Waals surface area (Å²) in [5.41, 5.74) is 2.02. The van der Waals surface area contributed by atoms with Gasteiger partial charge in [0.05, 0.1) is 18.4 Å². The van der Waals surface area contributed by atoms with Crippen molar-refractivity contribution < 1.29 is 14.3 Å². The van der Waals surface area contributed by atoms with Gasteiger partial charge in [0.2, 0.25) is 11.1 Å². The zero-order valence-corrected chi connectivity index (χ0v) is 17.3. The van der Waals surface area contributed by atoms with Gasteiger partial charge in [-0.15, -0.1) is 16.4 Å². The number of thioether (sulfide) groups is 1. The molecule has 0 atom stereocenters. The van der Waals surface area contributed by atoms with E-state index in [1.165, 1.54) is 23.1 Å². The normalized spacial score (nSPS) is 13.3. The van der Waals surface area contributed by atoms with Crippen LogP contribution in [0.2, 0.25) is 0 Å². The number of esters is 1. The minimum atomic E-state index is -0.451. The van der Waals surface area contributed by atoms with Gasteiger partial charge in [0.1, 0.15) is 10.6 Å². The summed E-state index contributed by atoms with van der Waals surface area (Å²) in [4.78, 5) is 25.1. The molecular formula is C19H19N5O3S2.